The van der Waals surface area contributed by atoms with Gasteiger partial charge in [-0.3, -0.25) is 4.79 Å². The molecule has 17 heavy (non-hydrogen) atoms. The number of hydrogen-bond acceptors (Lipinski definition) is 2. The van der Waals surface area contributed by atoms with Gasteiger partial charge in [-0.25, -0.2) is 4.39 Å². The summed E-state index contributed by atoms with van der Waals surface area (Å²) in [6.45, 7) is 0.379. The van der Waals surface area contributed by atoms with Crippen molar-refractivity contribution in [1.82, 2.24) is 5.32 Å². The molecule has 92 valence electrons. The quantitative estimate of drug-likeness (QED) is 0.826. The molecule has 3 nitrogen and oxygen atoms in total. The normalized spacial score (nSPS) is 17.5. The number of aliphatic carboxylic acids is 1. The van der Waals surface area contributed by atoms with Gasteiger partial charge in [0.2, 0.25) is 0 Å². The Hall–Kier alpha value is -1.42. The van der Waals surface area contributed by atoms with E-state index in [4.69, 9.17) is 5.11 Å². The van der Waals surface area contributed by atoms with Crippen LogP contribution in [0.4, 0.5) is 4.39 Å². The monoisotopic (exact) mass is 237 g/mol. The number of carboxylic acids is 1. The van der Waals surface area contributed by atoms with E-state index < -0.39 is 5.97 Å². The highest BCUT2D eigenvalue weighted by Gasteiger charge is 2.39. The van der Waals surface area contributed by atoms with Crippen LogP contribution in [0.3, 0.4) is 0 Å². The molecule has 0 saturated heterocycles. The highest BCUT2D eigenvalue weighted by atomic mass is 19.1. The minimum atomic E-state index is -0.833. The molecule has 0 aliphatic heterocycles. The Morgan fingerprint density at radius 3 is 2.65 bits per heavy atom. The second-order valence-corrected chi connectivity index (χ2v) is 4.49. The first-order chi connectivity index (χ1) is 8.14. The van der Waals surface area contributed by atoms with Crippen molar-refractivity contribution in [3.8, 4) is 0 Å². The highest BCUT2D eigenvalue weighted by Crippen LogP contribution is 2.42. The van der Waals surface area contributed by atoms with Gasteiger partial charge in [0.05, 0.1) is 6.42 Å². The molecule has 0 unspecified atom stereocenters. The van der Waals surface area contributed by atoms with Crippen LogP contribution in [-0.2, 0) is 10.3 Å². The average Bonchev–Trinajstić information content (AvgIpc) is 2.23. The fraction of sp³-hybridized carbons (Fsp3) is 0.462. The topological polar surface area (TPSA) is 49.3 Å². The van der Waals surface area contributed by atoms with E-state index in [1.807, 2.05) is 6.07 Å². The van der Waals surface area contributed by atoms with Crippen LogP contribution in [0.5, 0.6) is 0 Å². The molecule has 0 radical (unpaired) electrons. The van der Waals surface area contributed by atoms with Gasteiger partial charge in [0.1, 0.15) is 5.82 Å². The van der Waals surface area contributed by atoms with Gasteiger partial charge in [0.15, 0.2) is 0 Å². The van der Waals surface area contributed by atoms with E-state index >= 15 is 0 Å². The standard InChI is InChI=1S/C13H16FNO2/c14-11-5-2-1-4-10(11)13(7-3-8-13)15-9-6-12(16)17/h1-2,4-5,15H,3,6-9H2,(H,16,17). The van der Waals surface area contributed by atoms with Crippen LogP contribution >= 0.6 is 0 Å². The molecule has 1 aliphatic carbocycles. The molecular weight excluding hydrogens is 221 g/mol. The molecule has 1 saturated carbocycles. The number of carbonyl (C=O) groups is 1. The zero-order valence-electron chi connectivity index (χ0n) is 9.58. The lowest BCUT2D eigenvalue weighted by Crippen LogP contribution is -2.49. The summed E-state index contributed by atoms with van der Waals surface area (Å²) in [6, 6.07) is 6.72. The smallest absolute Gasteiger partial charge is 0.304 e. The Morgan fingerprint density at radius 1 is 1.41 bits per heavy atom. The summed E-state index contributed by atoms with van der Waals surface area (Å²) < 4.78 is 13.7. The molecule has 1 aromatic rings. The van der Waals surface area contributed by atoms with Crippen molar-refractivity contribution in [2.75, 3.05) is 6.54 Å². The van der Waals surface area contributed by atoms with E-state index in [2.05, 4.69) is 5.32 Å². The molecular formula is C13H16FNO2. The zero-order chi connectivity index (χ0) is 12.3. The second kappa shape index (κ2) is 4.84. The van der Waals surface area contributed by atoms with E-state index in [-0.39, 0.29) is 17.8 Å². The Kier molecular flexibility index (Phi) is 3.43. The molecule has 4 heteroatoms. The number of nitrogens with one attached hydrogen (secondary N) is 1. The molecule has 0 aromatic heterocycles. The van der Waals surface area contributed by atoms with Crippen molar-refractivity contribution < 1.29 is 14.3 Å². The molecule has 1 aromatic carbocycles. The molecule has 0 bridgehead atoms. The molecule has 0 atom stereocenters. The maximum absolute atomic E-state index is 13.7. The lowest BCUT2D eigenvalue weighted by atomic mass is 9.71. The van der Waals surface area contributed by atoms with Gasteiger partial charge in [-0.15, -0.1) is 0 Å². The van der Waals surface area contributed by atoms with Crippen molar-refractivity contribution >= 4 is 5.97 Å². The predicted molar refractivity (Wildman–Crippen MR) is 62.2 cm³/mol. The largest absolute Gasteiger partial charge is 0.481 e. The van der Waals surface area contributed by atoms with E-state index in [0.29, 0.717) is 12.1 Å². The fourth-order valence-corrected chi connectivity index (χ4v) is 2.33. The Labute approximate surface area is 99.7 Å². The third kappa shape index (κ3) is 2.47. The molecule has 1 fully saturated rings. The molecule has 0 amide bonds. The van der Waals surface area contributed by atoms with Crippen LogP contribution in [0, 0.1) is 5.82 Å². The van der Waals surface area contributed by atoms with Crippen molar-refractivity contribution in [3.05, 3.63) is 35.6 Å². The van der Waals surface area contributed by atoms with E-state index in [0.717, 1.165) is 19.3 Å². The van der Waals surface area contributed by atoms with E-state index in [1.165, 1.54) is 6.07 Å². The Morgan fingerprint density at radius 2 is 2.12 bits per heavy atom. The van der Waals surface area contributed by atoms with Gasteiger partial charge in [-0.2, -0.15) is 0 Å². The summed E-state index contributed by atoms with van der Waals surface area (Å²) in [5.74, 6) is -1.05. The van der Waals surface area contributed by atoms with Crippen molar-refractivity contribution in [2.45, 2.75) is 31.2 Å². The van der Waals surface area contributed by atoms with Gasteiger partial charge < -0.3 is 10.4 Å². The van der Waals surface area contributed by atoms with Gasteiger partial charge in [0, 0.05) is 17.6 Å². The molecule has 2 N–H and O–H groups in total. The maximum atomic E-state index is 13.7. The summed E-state index contributed by atoms with van der Waals surface area (Å²) in [7, 11) is 0. The number of rotatable bonds is 5. The maximum Gasteiger partial charge on any atom is 0.304 e. The van der Waals surface area contributed by atoms with Crippen LogP contribution in [0.15, 0.2) is 24.3 Å². The zero-order valence-corrected chi connectivity index (χ0v) is 9.58. The predicted octanol–water partition coefficient (Wildman–Crippen LogP) is 2.27. The number of carboxylic acid groups (broad SMARTS) is 1. The first-order valence-electron chi connectivity index (χ1n) is 5.86. The highest BCUT2D eigenvalue weighted by molar-refractivity contribution is 5.66. The van der Waals surface area contributed by atoms with Crippen molar-refractivity contribution in [3.63, 3.8) is 0 Å². The molecule has 2 rings (SSSR count). The van der Waals surface area contributed by atoms with Crippen molar-refractivity contribution in [1.29, 1.82) is 0 Å². The SMILES string of the molecule is O=C(O)CCNC1(c2ccccc2F)CCC1. The third-order valence-corrected chi connectivity index (χ3v) is 3.40. The summed E-state index contributed by atoms with van der Waals surface area (Å²) in [6.07, 6.45) is 2.85. The molecule has 0 spiro atoms. The van der Waals surface area contributed by atoms with Crippen LogP contribution < -0.4 is 5.32 Å². The minimum absolute atomic E-state index is 0.0657. The summed E-state index contributed by atoms with van der Waals surface area (Å²) >= 11 is 0. The molecule has 0 heterocycles. The van der Waals surface area contributed by atoms with Crippen LogP contribution in [0.25, 0.3) is 0 Å². The first kappa shape index (κ1) is 12.0. The first-order valence-corrected chi connectivity index (χ1v) is 5.86. The molecule has 1 aliphatic rings. The van der Waals surface area contributed by atoms with E-state index in [1.54, 1.807) is 12.1 Å². The second-order valence-electron chi connectivity index (χ2n) is 4.49. The van der Waals surface area contributed by atoms with Gasteiger partial charge in [0.25, 0.3) is 0 Å². The van der Waals surface area contributed by atoms with Crippen molar-refractivity contribution in [2.24, 2.45) is 0 Å². The minimum Gasteiger partial charge on any atom is -0.481 e. The number of benzene rings is 1. The Bertz CT molecular complexity index is 416. The van der Waals surface area contributed by atoms with Gasteiger partial charge >= 0.3 is 5.97 Å². The summed E-state index contributed by atoms with van der Waals surface area (Å²) in [5.41, 5.74) is 0.317. The lowest BCUT2D eigenvalue weighted by molar-refractivity contribution is -0.137. The lowest BCUT2D eigenvalue weighted by Gasteiger charge is -2.43. The number of halogens is 1. The van der Waals surface area contributed by atoms with Gasteiger partial charge in [-0.05, 0) is 25.3 Å². The van der Waals surface area contributed by atoms with Crippen LogP contribution in [0.2, 0.25) is 0 Å². The van der Waals surface area contributed by atoms with Gasteiger partial charge in [-0.1, -0.05) is 18.2 Å². The third-order valence-electron chi connectivity index (χ3n) is 3.40. The Balaban J connectivity index is 2.09. The average molecular weight is 237 g/mol. The summed E-state index contributed by atoms with van der Waals surface area (Å²) in [5, 5.41) is 11.8. The van der Waals surface area contributed by atoms with Crippen LogP contribution in [-0.4, -0.2) is 17.6 Å². The summed E-state index contributed by atoms with van der Waals surface area (Å²) in [4.78, 5) is 10.5. The van der Waals surface area contributed by atoms with E-state index in [9.17, 15) is 9.18 Å². The van der Waals surface area contributed by atoms with Crippen LogP contribution in [0.1, 0.15) is 31.2 Å². The number of hydrogen-bond donors (Lipinski definition) is 2. The fourth-order valence-electron chi connectivity index (χ4n) is 2.33.